The Morgan fingerprint density at radius 3 is 2.17 bits per heavy atom. The van der Waals surface area contributed by atoms with Gasteiger partial charge in [0.2, 0.25) is 5.91 Å². The third kappa shape index (κ3) is 5.26. The third-order valence-electron chi connectivity index (χ3n) is 4.85. The molecule has 3 aromatic rings. The van der Waals surface area contributed by atoms with E-state index in [4.69, 9.17) is 0 Å². The number of nitrogens with one attached hydrogen (secondary N) is 2. The van der Waals surface area contributed by atoms with E-state index in [1.54, 1.807) is 0 Å². The molecule has 0 aliphatic rings. The summed E-state index contributed by atoms with van der Waals surface area (Å²) in [5, 5.41) is 5.85. The number of hydrogen-bond acceptors (Lipinski definition) is 3. The highest BCUT2D eigenvalue weighted by Gasteiger charge is 2.15. The minimum Gasteiger partial charge on any atom is -0.348 e. The molecule has 0 radical (unpaired) electrons. The Morgan fingerprint density at radius 1 is 0.867 bits per heavy atom. The van der Waals surface area contributed by atoms with Crippen molar-refractivity contribution in [3.8, 4) is 0 Å². The first kappa shape index (κ1) is 21.1. The number of benzene rings is 3. The van der Waals surface area contributed by atoms with Crippen LogP contribution in [0.4, 0.5) is 17.1 Å². The fraction of sp³-hybridized carbons (Fsp3) is 0.200. The van der Waals surface area contributed by atoms with Crippen LogP contribution in [-0.2, 0) is 11.3 Å². The van der Waals surface area contributed by atoms with E-state index in [-0.39, 0.29) is 17.7 Å². The summed E-state index contributed by atoms with van der Waals surface area (Å²) >= 11 is 0. The molecule has 3 aromatic carbocycles. The molecule has 3 rings (SSSR count). The number of carbonyl (C=O) groups is 2. The summed E-state index contributed by atoms with van der Waals surface area (Å²) in [6.45, 7) is 4.11. The van der Waals surface area contributed by atoms with Crippen molar-refractivity contribution in [1.29, 1.82) is 0 Å². The maximum atomic E-state index is 12.9. The number of rotatable bonds is 7. The van der Waals surface area contributed by atoms with Crippen LogP contribution >= 0.6 is 0 Å². The predicted octanol–water partition coefficient (Wildman–Crippen LogP) is 4.98. The monoisotopic (exact) mass is 401 g/mol. The van der Waals surface area contributed by atoms with Crippen LogP contribution in [0, 0.1) is 5.92 Å². The Bertz CT molecular complexity index is 998. The molecule has 0 aliphatic heterocycles. The van der Waals surface area contributed by atoms with E-state index in [0.29, 0.717) is 12.1 Å². The summed E-state index contributed by atoms with van der Waals surface area (Å²) in [4.78, 5) is 26.7. The fourth-order valence-corrected chi connectivity index (χ4v) is 3.02. The van der Waals surface area contributed by atoms with Gasteiger partial charge in [-0.05, 0) is 42.0 Å². The van der Waals surface area contributed by atoms with Gasteiger partial charge in [0.25, 0.3) is 5.91 Å². The summed E-state index contributed by atoms with van der Waals surface area (Å²) in [5.41, 5.74) is 4.17. The number of para-hydroxylation sites is 2. The van der Waals surface area contributed by atoms with Crippen molar-refractivity contribution in [2.45, 2.75) is 20.4 Å². The van der Waals surface area contributed by atoms with E-state index in [0.717, 1.165) is 22.6 Å². The zero-order chi connectivity index (χ0) is 21.5. The number of nitrogens with zero attached hydrogens (tertiary/aromatic N) is 1. The first-order valence-electron chi connectivity index (χ1n) is 10.0. The highest BCUT2D eigenvalue weighted by Crippen LogP contribution is 2.26. The average molecular weight is 402 g/mol. The van der Waals surface area contributed by atoms with Crippen LogP contribution in [0.1, 0.15) is 29.8 Å². The molecule has 5 nitrogen and oxygen atoms in total. The molecule has 2 N–H and O–H groups in total. The van der Waals surface area contributed by atoms with Crippen LogP contribution in [0.25, 0.3) is 0 Å². The molecule has 0 fully saturated rings. The van der Waals surface area contributed by atoms with Crippen molar-refractivity contribution in [3.05, 3.63) is 90.0 Å². The van der Waals surface area contributed by atoms with Crippen molar-refractivity contribution in [3.63, 3.8) is 0 Å². The van der Waals surface area contributed by atoms with Gasteiger partial charge in [-0.2, -0.15) is 0 Å². The normalized spacial score (nSPS) is 10.5. The lowest BCUT2D eigenvalue weighted by Gasteiger charge is -2.22. The molecule has 0 aliphatic carbocycles. The van der Waals surface area contributed by atoms with Gasteiger partial charge >= 0.3 is 0 Å². The Balaban J connectivity index is 1.66. The van der Waals surface area contributed by atoms with Crippen molar-refractivity contribution < 1.29 is 9.59 Å². The average Bonchev–Trinajstić information content (AvgIpc) is 2.78. The first-order valence-corrected chi connectivity index (χ1v) is 10.0. The lowest BCUT2D eigenvalue weighted by atomic mass is 10.1. The summed E-state index contributed by atoms with van der Waals surface area (Å²) in [5.74, 6) is -0.223. The minimum absolute atomic E-state index is 0.0183. The Morgan fingerprint density at radius 2 is 1.50 bits per heavy atom. The van der Waals surface area contributed by atoms with Crippen LogP contribution in [0.15, 0.2) is 78.9 Å². The highest BCUT2D eigenvalue weighted by molar-refractivity contribution is 6.00. The molecule has 5 heteroatoms. The molecular formula is C25H27N3O2. The Kier molecular flexibility index (Phi) is 6.86. The SMILES string of the molecule is CC(C)C(=O)Nc1ccc(CNC(=O)c2ccccc2N(C)c2ccccc2)cc1. The van der Waals surface area contributed by atoms with Gasteiger partial charge in [-0.1, -0.05) is 56.3 Å². The second-order valence-corrected chi connectivity index (χ2v) is 7.44. The van der Waals surface area contributed by atoms with Gasteiger partial charge in [-0.25, -0.2) is 0 Å². The van der Waals surface area contributed by atoms with Crippen LogP contribution in [0.2, 0.25) is 0 Å². The largest absolute Gasteiger partial charge is 0.348 e. The molecule has 154 valence electrons. The van der Waals surface area contributed by atoms with Gasteiger partial charge in [0.1, 0.15) is 0 Å². The first-order chi connectivity index (χ1) is 14.5. The molecule has 0 atom stereocenters. The molecule has 0 unspecified atom stereocenters. The molecule has 0 aromatic heterocycles. The van der Waals surface area contributed by atoms with E-state index in [2.05, 4.69) is 10.6 Å². The van der Waals surface area contributed by atoms with E-state index in [1.807, 2.05) is 105 Å². The molecule has 0 heterocycles. The summed E-state index contributed by atoms with van der Waals surface area (Å²) < 4.78 is 0. The smallest absolute Gasteiger partial charge is 0.253 e. The van der Waals surface area contributed by atoms with Crippen LogP contribution < -0.4 is 15.5 Å². The fourth-order valence-electron chi connectivity index (χ4n) is 3.02. The van der Waals surface area contributed by atoms with Gasteiger partial charge in [-0.15, -0.1) is 0 Å². The standard InChI is InChI=1S/C25H27N3O2/c1-18(2)24(29)27-20-15-13-19(14-16-20)17-26-25(30)22-11-7-8-12-23(22)28(3)21-9-5-4-6-10-21/h4-16,18H,17H2,1-3H3,(H,26,30)(H,27,29). The number of hydrogen-bond donors (Lipinski definition) is 2. The lowest BCUT2D eigenvalue weighted by Crippen LogP contribution is -2.25. The van der Waals surface area contributed by atoms with E-state index < -0.39 is 0 Å². The lowest BCUT2D eigenvalue weighted by molar-refractivity contribution is -0.118. The summed E-state index contributed by atoms with van der Waals surface area (Å²) in [6, 6.07) is 25.0. The number of carbonyl (C=O) groups excluding carboxylic acids is 2. The zero-order valence-electron chi connectivity index (χ0n) is 17.6. The maximum absolute atomic E-state index is 12.9. The molecule has 2 amide bonds. The molecule has 0 bridgehead atoms. The number of anilines is 3. The summed E-state index contributed by atoms with van der Waals surface area (Å²) in [6.07, 6.45) is 0. The van der Waals surface area contributed by atoms with Gasteiger partial charge in [0.15, 0.2) is 0 Å². The van der Waals surface area contributed by atoms with Crippen LogP contribution in [0.5, 0.6) is 0 Å². The van der Waals surface area contributed by atoms with Crippen LogP contribution in [0.3, 0.4) is 0 Å². The predicted molar refractivity (Wildman–Crippen MR) is 122 cm³/mol. The third-order valence-corrected chi connectivity index (χ3v) is 4.85. The van der Waals surface area contributed by atoms with Crippen molar-refractivity contribution in [2.24, 2.45) is 5.92 Å². The number of amides is 2. The van der Waals surface area contributed by atoms with Gasteiger partial charge < -0.3 is 15.5 Å². The van der Waals surface area contributed by atoms with Gasteiger partial charge in [0, 0.05) is 30.9 Å². The van der Waals surface area contributed by atoms with Crippen LogP contribution in [-0.4, -0.2) is 18.9 Å². The molecule has 30 heavy (non-hydrogen) atoms. The topological polar surface area (TPSA) is 61.4 Å². The van der Waals surface area contributed by atoms with Gasteiger partial charge in [-0.3, -0.25) is 9.59 Å². The van der Waals surface area contributed by atoms with Crippen molar-refractivity contribution in [1.82, 2.24) is 5.32 Å². The zero-order valence-corrected chi connectivity index (χ0v) is 17.6. The Labute approximate surface area is 177 Å². The minimum atomic E-state index is -0.134. The van der Waals surface area contributed by atoms with E-state index in [1.165, 1.54) is 0 Å². The van der Waals surface area contributed by atoms with Crippen molar-refractivity contribution >= 4 is 28.9 Å². The molecular weight excluding hydrogens is 374 g/mol. The van der Waals surface area contributed by atoms with Crippen molar-refractivity contribution in [2.75, 3.05) is 17.3 Å². The molecule has 0 saturated heterocycles. The highest BCUT2D eigenvalue weighted by atomic mass is 16.2. The second-order valence-electron chi connectivity index (χ2n) is 7.44. The Hall–Kier alpha value is -3.60. The van der Waals surface area contributed by atoms with E-state index in [9.17, 15) is 9.59 Å². The quantitative estimate of drug-likeness (QED) is 0.587. The molecule has 0 spiro atoms. The second kappa shape index (κ2) is 9.74. The maximum Gasteiger partial charge on any atom is 0.253 e. The van der Waals surface area contributed by atoms with E-state index >= 15 is 0 Å². The van der Waals surface area contributed by atoms with Gasteiger partial charge in [0.05, 0.1) is 11.3 Å². The molecule has 0 saturated carbocycles. The summed E-state index contributed by atoms with van der Waals surface area (Å²) in [7, 11) is 1.95.